The van der Waals surface area contributed by atoms with Crippen molar-refractivity contribution in [3.8, 4) is 0 Å². The molecular weight excluding hydrogens is 206 g/mol. The first-order chi connectivity index (χ1) is 7.58. The van der Waals surface area contributed by atoms with Gasteiger partial charge in [0.15, 0.2) is 0 Å². The summed E-state index contributed by atoms with van der Waals surface area (Å²) in [4.78, 5) is 22.5. The molecule has 86 valence electrons. The van der Waals surface area contributed by atoms with E-state index < -0.39 is 0 Å². The van der Waals surface area contributed by atoms with Crippen molar-refractivity contribution < 1.29 is 9.59 Å². The van der Waals surface area contributed by atoms with E-state index in [-0.39, 0.29) is 18.4 Å². The summed E-state index contributed by atoms with van der Waals surface area (Å²) in [6.45, 7) is 1.77. The van der Waals surface area contributed by atoms with Crippen molar-refractivity contribution in [1.29, 1.82) is 0 Å². The summed E-state index contributed by atoms with van der Waals surface area (Å²) in [6, 6.07) is 5.10. The van der Waals surface area contributed by atoms with Crippen LogP contribution in [0.4, 0.5) is 5.69 Å². The third-order valence-corrected chi connectivity index (χ3v) is 2.19. The molecule has 4 N–H and O–H groups in total. The van der Waals surface area contributed by atoms with Gasteiger partial charge in [-0.05, 0) is 24.6 Å². The topological polar surface area (TPSA) is 84.2 Å². The Morgan fingerprint density at radius 1 is 1.38 bits per heavy atom. The summed E-state index contributed by atoms with van der Waals surface area (Å²) in [6.07, 6.45) is 0. The van der Waals surface area contributed by atoms with Crippen LogP contribution in [0.2, 0.25) is 0 Å². The summed E-state index contributed by atoms with van der Waals surface area (Å²) < 4.78 is 0. The van der Waals surface area contributed by atoms with Gasteiger partial charge in [0.2, 0.25) is 5.91 Å². The summed E-state index contributed by atoms with van der Waals surface area (Å²) in [7, 11) is 1.56. The van der Waals surface area contributed by atoms with E-state index in [1.807, 2.05) is 6.92 Å². The molecule has 0 aromatic heterocycles. The first-order valence-corrected chi connectivity index (χ1v) is 4.91. The quantitative estimate of drug-likeness (QED) is 0.684. The Hall–Kier alpha value is -1.88. The van der Waals surface area contributed by atoms with E-state index in [0.717, 1.165) is 5.56 Å². The fourth-order valence-electron chi connectivity index (χ4n) is 1.24. The molecule has 1 aromatic carbocycles. The van der Waals surface area contributed by atoms with Crippen molar-refractivity contribution in [1.82, 2.24) is 5.32 Å². The van der Waals surface area contributed by atoms with E-state index in [1.54, 1.807) is 25.2 Å². The lowest BCUT2D eigenvalue weighted by atomic mass is 10.1. The Morgan fingerprint density at radius 2 is 2.06 bits per heavy atom. The van der Waals surface area contributed by atoms with E-state index >= 15 is 0 Å². The van der Waals surface area contributed by atoms with Gasteiger partial charge in [-0.15, -0.1) is 0 Å². The predicted molar refractivity (Wildman–Crippen MR) is 62.3 cm³/mol. The first kappa shape index (κ1) is 12.2. The van der Waals surface area contributed by atoms with E-state index in [1.165, 1.54) is 0 Å². The van der Waals surface area contributed by atoms with Gasteiger partial charge in [0.1, 0.15) is 0 Å². The Labute approximate surface area is 94.0 Å². The number of hydrogen-bond donors (Lipinski definition) is 3. The summed E-state index contributed by atoms with van der Waals surface area (Å²) in [5, 5.41) is 5.15. The molecule has 0 heterocycles. The minimum Gasteiger partial charge on any atom is -0.355 e. The van der Waals surface area contributed by atoms with E-state index in [0.29, 0.717) is 11.3 Å². The van der Waals surface area contributed by atoms with Crippen LogP contribution in [0.1, 0.15) is 15.9 Å². The van der Waals surface area contributed by atoms with Gasteiger partial charge in [0, 0.05) is 18.3 Å². The lowest BCUT2D eigenvalue weighted by molar-refractivity contribution is -0.114. The van der Waals surface area contributed by atoms with Crippen LogP contribution in [-0.2, 0) is 4.79 Å². The largest absolute Gasteiger partial charge is 0.355 e. The molecule has 5 nitrogen and oxygen atoms in total. The molecule has 1 aromatic rings. The SMILES string of the molecule is CNC(=O)c1ccc(C)c(NC(=O)CN)c1. The third-order valence-electron chi connectivity index (χ3n) is 2.19. The highest BCUT2D eigenvalue weighted by Gasteiger charge is 2.07. The average Bonchev–Trinajstić information content (AvgIpc) is 2.30. The Balaban J connectivity index is 2.99. The van der Waals surface area contributed by atoms with Crippen LogP contribution in [0.3, 0.4) is 0 Å². The van der Waals surface area contributed by atoms with Gasteiger partial charge >= 0.3 is 0 Å². The number of carbonyl (C=O) groups is 2. The Morgan fingerprint density at radius 3 is 2.62 bits per heavy atom. The maximum absolute atomic E-state index is 11.4. The molecule has 5 heteroatoms. The number of carbonyl (C=O) groups excluding carboxylic acids is 2. The molecule has 0 aliphatic carbocycles. The average molecular weight is 221 g/mol. The van der Waals surface area contributed by atoms with Crippen molar-refractivity contribution in [3.05, 3.63) is 29.3 Å². The van der Waals surface area contributed by atoms with Crippen LogP contribution < -0.4 is 16.4 Å². The molecule has 0 atom stereocenters. The summed E-state index contributed by atoms with van der Waals surface area (Å²) in [5.74, 6) is -0.472. The lowest BCUT2D eigenvalue weighted by Crippen LogP contribution is -2.23. The molecule has 0 fully saturated rings. The number of hydrogen-bond acceptors (Lipinski definition) is 3. The van der Waals surface area contributed by atoms with Crippen LogP contribution in [0.5, 0.6) is 0 Å². The van der Waals surface area contributed by atoms with Crippen LogP contribution in [0.15, 0.2) is 18.2 Å². The zero-order valence-corrected chi connectivity index (χ0v) is 9.33. The van der Waals surface area contributed by atoms with Gasteiger partial charge in [-0.25, -0.2) is 0 Å². The first-order valence-electron chi connectivity index (χ1n) is 4.91. The molecule has 0 bridgehead atoms. The monoisotopic (exact) mass is 221 g/mol. The van der Waals surface area contributed by atoms with Gasteiger partial charge < -0.3 is 16.4 Å². The lowest BCUT2D eigenvalue weighted by Gasteiger charge is -2.09. The molecule has 0 spiro atoms. The predicted octanol–water partition coefficient (Wildman–Crippen LogP) is 0.252. The molecule has 0 saturated carbocycles. The van der Waals surface area contributed by atoms with E-state index in [9.17, 15) is 9.59 Å². The van der Waals surface area contributed by atoms with E-state index in [2.05, 4.69) is 10.6 Å². The zero-order chi connectivity index (χ0) is 12.1. The van der Waals surface area contributed by atoms with E-state index in [4.69, 9.17) is 5.73 Å². The van der Waals surface area contributed by atoms with Crippen LogP contribution in [0.25, 0.3) is 0 Å². The van der Waals surface area contributed by atoms with Crippen molar-refractivity contribution >= 4 is 17.5 Å². The second-order valence-corrected chi connectivity index (χ2v) is 3.36. The highest BCUT2D eigenvalue weighted by Crippen LogP contribution is 2.16. The van der Waals surface area contributed by atoms with Gasteiger partial charge in [-0.2, -0.15) is 0 Å². The van der Waals surface area contributed by atoms with Crippen LogP contribution in [-0.4, -0.2) is 25.4 Å². The van der Waals surface area contributed by atoms with Crippen molar-refractivity contribution in [2.75, 3.05) is 18.9 Å². The number of nitrogens with one attached hydrogen (secondary N) is 2. The number of benzene rings is 1. The second kappa shape index (κ2) is 5.27. The second-order valence-electron chi connectivity index (χ2n) is 3.36. The van der Waals surface area contributed by atoms with Crippen LogP contribution >= 0.6 is 0 Å². The smallest absolute Gasteiger partial charge is 0.251 e. The molecule has 0 unspecified atom stereocenters. The Kier molecular flexibility index (Phi) is 4.02. The molecule has 16 heavy (non-hydrogen) atoms. The fourth-order valence-corrected chi connectivity index (χ4v) is 1.24. The maximum atomic E-state index is 11.4. The van der Waals surface area contributed by atoms with Gasteiger partial charge in [-0.3, -0.25) is 9.59 Å². The van der Waals surface area contributed by atoms with Crippen molar-refractivity contribution in [2.45, 2.75) is 6.92 Å². The normalized spacial score (nSPS) is 9.69. The number of anilines is 1. The molecule has 0 radical (unpaired) electrons. The Bertz CT molecular complexity index is 416. The number of aryl methyl sites for hydroxylation is 1. The summed E-state index contributed by atoms with van der Waals surface area (Å²) >= 11 is 0. The van der Waals surface area contributed by atoms with Gasteiger partial charge in [0.25, 0.3) is 5.91 Å². The van der Waals surface area contributed by atoms with Crippen molar-refractivity contribution in [3.63, 3.8) is 0 Å². The number of amides is 2. The molecular formula is C11H15N3O2. The highest BCUT2D eigenvalue weighted by atomic mass is 16.2. The number of rotatable bonds is 3. The van der Waals surface area contributed by atoms with Gasteiger partial charge in [0.05, 0.1) is 6.54 Å². The third kappa shape index (κ3) is 2.80. The maximum Gasteiger partial charge on any atom is 0.251 e. The zero-order valence-electron chi connectivity index (χ0n) is 9.33. The van der Waals surface area contributed by atoms with Gasteiger partial charge in [-0.1, -0.05) is 6.07 Å². The highest BCUT2D eigenvalue weighted by molar-refractivity contribution is 5.98. The minimum atomic E-state index is -0.280. The molecule has 2 amide bonds. The van der Waals surface area contributed by atoms with Crippen LogP contribution in [0, 0.1) is 6.92 Å². The number of nitrogens with two attached hydrogens (primary N) is 1. The molecule has 0 aliphatic heterocycles. The standard InChI is InChI=1S/C11H15N3O2/c1-7-3-4-8(11(16)13-2)5-9(7)14-10(15)6-12/h3-5H,6,12H2,1-2H3,(H,13,16)(H,14,15). The van der Waals surface area contributed by atoms with Crippen molar-refractivity contribution in [2.24, 2.45) is 5.73 Å². The minimum absolute atomic E-state index is 0.0797. The summed E-state index contributed by atoms with van der Waals surface area (Å²) in [5.41, 5.74) is 7.19. The molecule has 0 saturated heterocycles. The molecule has 0 aliphatic rings. The molecule has 1 rings (SSSR count). The fraction of sp³-hybridized carbons (Fsp3) is 0.273.